The molecule has 0 fully saturated rings. The Morgan fingerprint density at radius 1 is 0.931 bits per heavy atom. The van der Waals surface area contributed by atoms with Crippen molar-refractivity contribution in [2.24, 2.45) is 11.5 Å². The van der Waals surface area contributed by atoms with Gasteiger partial charge >= 0.3 is 0 Å². The molecule has 2 atom stereocenters. The molecule has 2 rings (SSSR count). The molecule has 0 aliphatic heterocycles. The highest BCUT2D eigenvalue weighted by atomic mass is 16.2. The third kappa shape index (κ3) is 6.78. The van der Waals surface area contributed by atoms with Crippen molar-refractivity contribution in [1.29, 1.82) is 0 Å². The van der Waals surface area contributed by atoms with Crippen molar-refractivity contribution in [3.05, 3.63) is 71.8 Å². The van der Waals surface area contributed by atoms with Crippen molar-refractivity contribution in [3.8, 4) is 0 Å². The van der Waals surface area contributed by atoms with E-state index in [4.69, 9.17) is 11.5 Å². The highest BCUT2D eigenvalue weighted by molar-refractivity contribution is 6.12. The Kier molecular flexibility index (Phi) is 8.99. The summed E-state index contributed by atoms with van der Waals surface area (Å²) < 4.78 is 0. The molecule has 2 aromatic rings. The number of rotatable bonds is 12. The van der Waals surface area contributed by atoms with Crippen LogP contribution in [0.2, 0.25) is 0 Å². The molecule has 0 radical (unpaired) electrons. The Morgan fingerprint density at radius 2 is 1.48 bits per heavy atom. The Balaban J connectivity index is 1.79. The van der Waals surface area contributed by atoms with E-state index in [9.17, 15) is 9.59 Å². The maximum atomic E-state index is 12.7. The average Bonchev–Trinajstić information content (AvgIpc) is 2.74. The van der Waals surface area contributed by atoms with Gasteiger partial charge in [0.2, 0.25) is 5.91 Å². The Labute approximate surface area is 173 Å². The quantitative estimate of drug-likeness (QED) is 0.318. The molecule has 2 aromatic carbocycles. The first-order valence-electron chi connectivity index (χ1n) is 10.1. The van der Waals surface area contributed by atoms with Crippen molar-refractivity contribution >= 4 is 11.7 Å². The van der Waals surface area contributed by atoms with E-state index in [1.165, 1.54) is 11.1 Å². The maximum Gasteiger partial charge on any atom is 0.249 e. The van der Waals surface area contributed by atoms with E-state index in [1.807, 2.05) is 60.7 Å². The van der Waals surface area contributed by atoms with Gasteiger partial charge in [-0.2, -0.15) is 0 Å². The van der Waals surface area contributed by atoms with E-state index in [-0.39, 0.29) is 6.54 Å². The Bertz CT molecular complexity index is 703. The van der Waals surface area contributed by atoms with Crippen molar-refractivity contribution < 1.29 is 9.59 Å². The molecule has 6 nitrogen and oxygen atoms in total. The second kappa shape index (κ2) is 11.5. The van der Waals surface area contributed by atoms with E-state index in [1.54, 1.807) is 6.92 Å². The first-order chi connectivity index (χ1) is 13.9. The maximum absolute atomic E-state index is 12.7. The first-order valence-corrected chi connectivity index (χ1v) is 10.1. The summed E-state index contributed by atoms with van der Waals surface area (Å²) in [6.07, 6.45) is 2.38. The van der Waals surface area contributed by atoms with Crippen LogP contribution in [-0.4, -0.2) is 42.9 Å². The summed E-state index contributed by atoms with van der Waals surface area (Å²) in [5, 5.41) is 5.85. The summed E-state index contributed by atoms with van der Waals surface area (Å²) >= 11 is 0. The lowest BCUT2D eigenvalue weighted by molar-refractivity contribution is -0.136. The molecule has 2 unspecified atom stereocenters. The van der Waals surface area contributed by atoms with Crippen LogP contribution in [0, 0.1) is 0 Å². The van der Waals surface area contributed by atoms with Gasteiger partial charge in [0.1, 0.15) is 0 Å². The van der Waals surface area contributed by atoms with Gasteiger partial charge in [0.15, 0.2) is 11.3 Å². The molecular weight excluding hydrogens is 364 g/mol. The van der Waals surface area contributed by atoms with Crippen LogP contribution in [0.25, 0.3) is 0 Å². The lowest BCUT2D eigenvalue weighted by Gasteiger charge is -2.30. The van der Waals surface area contributed by atoms with Crippen molar-refractivity contribution in [1.82, 2.24) is 10.6 Å². The van der Waals surface area contributed by atoms with Crippen molar-refractivity contribution in [3.63, 3.8) is 0 Å². The fraction of sp³-hybridized carbons (Fsp3) is 0.391. The van der Waals surface area contributed by atoms with Gasteiger partial charge in [-0.1, -0.05) is 60.7 Å². The molecule has 156 valence electrons. The van der Waals surface area contributed by atoms with Gasteiger partial charge < -0.3 is 22.1 Å². The fourth-order valence-corrected chi connectivity index (χ4v) is 3.10. The number of carbonyl (C=O) groups excluding carboxylic acids is 2. The van der Waals surface area contributed by atoms with E-state index < -0.39 is 23.3 Å². The number of Topliss-reactive ketones (excluding diaryl/α,β-unsaturated/α-hetero) is 1. The predicted octanol–water partition coefficient (Wildman–Crippen LogP) is 1.18. The molecule has 0 aliphatic rings. The zero-order valence-corrected chi connectivity index (χ0v) is 17.1. The number of ketones is 1. The number of nitrogens with one attached hydrogen (secondary N) is 2. The van der Waals surface area contributed by atoms with Gasteiger partial charge in [-0.15, -0.1) is 0 Å². The van der Waals surface area contributed by atoms with Crippen LogP contribution in [0.1, 0.15) is 24.5 Å². The largest absolute Gasteiger partial charge is 0.354 e. The van der Waals surface area contributed by atoms with E-state index in [0.717, 1.165) is 19.3 Å². The molecule has 0 aliphatic carbocycles. The molecule has 1 amide bonds. The van der Waals surface area contributed by atoms with Gasteiger partial charge in [-0.05, 0) is 43.9 Å². The van der Waals surface area contributed by atoms with E-state index in [2.05, 4.69) is 10.6 Å². The Morgan fingerprint density at radius 3 is 2.03 bits per heavy atom. The lowest BCUT2D eigenvalue weighted by atomic mass is 9.86. The smallest absolute Gasteiger partial charge is 0.249 e. The molecule has 0 saturated heterocycles. The van der Waals surface area contributed by atoms with Gasteiger partial charge in [0.05, 0.1) is 6.54 Å². The summed E-state index contributed by atoms with van der Waals surface area (Å²) in [5.41, 5.74) is 12.7. The zero-order chi connectivity index (χ0) is 21.1. The molecule has 29 heavy (non-hydrogen) atoms. The summed E-state index contributed by atoms with van der Waals surface area (Å²) in [6, 6.07) is 19.2. The van der Waals surface area contributed by atoms with Crippen molar-refractivity contribution in [2.75, 3.05) is 19.6 Å². The number of hydrogen-bond donors (Lipinski definition) is 4. The average molecular weight is 397 g/mol. The topological polar surface area (TPSA) is 110 Å². The summed E-state index contributed by atoms with van der Waals surface area (Å²) in [6.45, 7) is 2.64. The molecule has 0 bridgehead atoms. The monoisotopic (exact) mass is 396 g/mol. The van der Waals surface area contributed by atoms with E-state index >= 15 is 0 Å². The van der Waals surface area contributed by atoms with Gasteiger partial charge in [0.25, 0.3) is 0 Å². The lowest BCUT2D eigenvalue weighted by Crippen LogP contribution is -2.69. The summed E-state index contributed by atoms with van der Waals surface area (Å²) in [5.74, 6) is -0.920. The minimum Gasteiger partial charge on any atom is -0.354 e. The minimum atomic E-state index is -1.74. The van der Waals surface area contributed by atoms with Crippen LogP contribution in [0.15, 0.2) is 60.7 Å². The second-order valence-corrected chi connectivity index (χ2v) is 7.34. The van der Waals surface area contributed by atoms with Crippen LogP contribution >= 0.6 is 0 Å². The van der Waals surface area contributed by atoms with Crippen LogP contribution < -0.4 is 22.1 Å². The van der Waals surface area contributed by atoms with Gasteiger partial charge in [-0.3, -0.25) is 9.59 Å². The SMILES string of the molecule is CC(N)C(N)(C(=O)CNCCc1ccccc1)C(=O)NCCCc1ccccc1. The number of aryl methyl sites for hydroxylation is 1. The molecular formula is C23H32N4O2. The van der Waals surface area contributed by atoms with Crippen LogP contribution in [0.3, 0.4) is 0 Å². The molecule has 0 saturated carbocycles. The zero-order valence-electron chi connectivity index (χ0n) is 17.1. The third-order valence-electron chi connectivity index (χ3n) is 5.04. The number of hydrogen-bond acceptors (Lipinski definition) is 5. The molecule has 6 heteroatoms. The Hall–Kier alpha value is -2.54. The van der Waals surface area contributed by atoms with Crippen molar-refractivity contribution in [2.45, 2.75) is 37.8 Å². The van der Waals surface area contributed by atoms with Crippen LogP contribution in [0.4, 0.5) is 0 Å². The minimum absolute atomic E-state index is 0.00229. The molecule has 0 spiro atoms. The van der Waals surface area contributed by atoms with Gasteiger partial charge in [0, 0.05) is 12.6 Å². The molecule has 6 N–H and O–H groups in total. The normalized spacial score (nSPS) is 14.0. The summed E-state index contributed by atoms with van der Waals surface area (Å²) in [4.78, 5) is 25.3. The standard InChI is InChI=1S/C23H32N4O2/c1-18(24)23(25,21(28)17-26-16-14-20-11-6-3-7-12-20)22(29)27-15-8-13-19-9-4-2-5-10-19/h2-7,9-12,18,26H,8,13-17,24-25H2,1H3,(H,27,29). The number of amides is 1. The van der Waals surface area contributed by atoms with E-state index in [0.29, 0.717) is 13.1 Å². The predicted molar refractivity (Wildman–Crippen MR) is 116 cm³/mol. The third-order valence-corrected chi connectivity index (χ3v) is 5.04. The highest BCUT2D eigenvalue weighted by Crippen LogP contribution is 2.09. The number of nitrogens with two attached hydrogens (primary N) is 2. The molecule has 0 aromatic heterocycles. The first kappa shape index (κ1) is 22.7. The second-order valence-electron chi connectivity index (χ2n) is 7.34. The highest BCUT2D eigenvalue weighted by Gasteiger charge is 2.44. The number of carbonyl (C=O) groups is 2. The van der Waals surface area contributed by atoms with Crippen LogP contribution in [0.5, 0.6) is 0 Å². The summed E-state index contributed by atoms with van der Waals surface area (Å²) in [7, 11) is 0. The fourth-order valence-electron chi connectivity index (χ4n) is 3.10. The molecule has 0 heterocycles. The van der Waals surface area contributed by atoms with Gasteiger partial charge in [-0.25, -0.2) is 0 Å². The number of benzene rings is 2. The van der Waals surface area contributed by atoms with Crippen LogP contribution in [-0.2, 0) is 22.4 Å².